The second kappa shape index (κ2) is 3.88. The van der Waals surface area contributed by atoms with E-state index < -0.39 is 0 Å². The van der Waals surface area contributed by atoms with Crippen LogP contribution in [0.25, 0.3) is 0 Å². The van der Waals surface area contributed by atoms with E-state index in [0.717, 1.165) is 5.56 Å². The van der Waals surface area contributed by atoms with Crippen LogP contribution >= 0.6 is 11.3 Å². The van der Waals surface area contributed by atoms with Crippen LogP contribution in [0, 0.1) is 18.3 Å². The Kier molecular flexibility index (Phi) is 2.83. The van der Waals surface area contributed by atoms with Crippen LogP contribution in [0.1, 0.15) is 15.2 Å². The van der Waals surface area contributed by atoms with Gasteiger partial charge in [-0.25, -0.2) is 0 Å². The molecule has 0 atom stereocenters. The first-order valence-electron chi connectivity index (χ1n) is 3.45. The first-order valence-corrected chi connectivity index (χ1v) is 4.33. The molecule has 3 nitrogen and oxygen atoms in total. The van der Waals surface area contributed by atoms with Crippen molar-refractivity contribution in [2.24, 2.45) is 0 Å². The van der Waals surface area contributed by atoms with E-state index in [-0.39, 0.29) is 12.5 Å². The summed E-state index contributed by atoms with van der Waals surface area (Å²) >= 11 is 1.39. The predicted octanol–water partition coefficient (Wildman–Crippen LogP) is 1.31. The lowest BCUT2D eigenvalue weighted by Crippen LogP contribution is -2.23. The predicted molar refractivity (Wildman–Crippen MR) is 47.0 cm³/mol. The summed E-state index contributed by atoms with van der Waals surface area (Å²) in [5.74, 6) is -0.163. The van der Waals surface area contributed by atoms with E-state index in [0.29, 0.717) is 4.88 Å². The lowest BCUT2D eigenvalue weighted by Gasteiger charge is -1.97. The van der Waals surface area contributed by atoms with Gasteiger partial charge in [-0.05, 0) is 23.9 Å². The molecule has 4 heteroatoms. The maximum absolute atomic E-state index is 11.2. The van der Waals surface area contributed by atoms with E-state index in [1.54, 1.807) is 0 Å². The third-order valence-electron chi connectivity index (χ3n) is 1.40. The van der Waals surface area contributed by atoms with Crippen LogP contribution in [0.5, 0.6) is 0 Å². The van der Waals surface area contributed by atoms with Gasteiger partial charge in [0, 0.05) is 0 Å². The number of amides is 1. The molecule has 0 saturated carbocycles. The fraction of sp³-hybridized carbons (Fsp3) is 0.250. The number of nitriles is 1. The van der Waals surface area contributed by atoms with Gasteiger partial charge >= 0.3 is 0 Å². The fourth-order valence-corrected chi connectivity index (χ4v) is 1.65. The van der Waals surface area contributed by atoms with Gasteiger partial charge in [-0.2, -0.15) is 5.26 Å². The highest BCUT2D eigenvalue weighted by Crippen LogP contribution is 2.14. The number of nitrogens with one attached hydrogen (secondary N) is 1. The summed E-state index contributed by atoms with van der Waals surface area (Å²) in [6, 6.07) is 3.73. The molecule has 1 aromatic heterocycles. The molecule has 12 heavy (non-hydrogen) atoms. The van der Waals surface area contributed by atoms with Crippen LogP contribution in [0.3, 0.4) is 0 Å². The van der Waals surface area contributed by atoms with E-state index in [1.807, 2.05) is 24.4 Å². The number of aryl methyl sites for hydroxylation is 1. The van der Waals surface area contributed by atoms with Crippen molar-refractivity contribution in [3.05, 3.63) is 21.9 Å². The smallest absolute Gasteiger partial charge is 0.262 e. The summed E-state index contributed by atoms with van der Waals surface area (Å²) in [6.45, 7) is 1.94. The molecule has 0 aromatic carbocycles. The average molecular weight is 180 g/mol. The van der Waals surface area contributed by atoms with Gasteiger partial charge in [0.2, 0.25) is 0 Å². The molecule has 1 rings (SSSR count). The van der Waals surface area contributed by atoms with Crippen LogP contribution in [-0.2, 0) is 0 Å². The minimum Gasteiger partial charge on any atom is -0.338 e. The maximum Gasteiger partial charge on any atom is 0.262 e. The van der Waals surface area contributed by atoms with E-state index >= 15 is 0 Å². The molecule has 0 radical (unpaired) electrons. The van der Waals surface area contributed by atoms with Gasteiger partial charge in [0.25, 0.3) is 5.91 Å². The second-order valence-corrected chi connectivity index (χ2v) is 3.19. The Hall–Kier alpha value is -1.34. The Labute approximate surface area is 74.6 Å². The van der Waals surface area contributed by atoms with Crippen molar-refractivity contribution in [1.82, 2.24) is 5.32 Å². The van der Waals surface area contributed by atoms with E-state index in [4.69, 9.17) is 5.26 Å². The minimum absolute atomic E-state index is 0.0656. The van der Waals surface area contributed by atoms with Crippen molar-refractivity contribution in [2.45, 2.75) is 6.92 Å². The SMILES string of the molecule is Cc1ccsc1C(=O)NCC#N. The molecular formula is C8H8N2OS. The molecular weight excluding hydrogens is 172 g/mol. The number of nitrogens with zero attached hydrogens (tertiary/aromatic N) is 1. The third kappa shape index (κ3) is 1.83. The molecule has 62 valence electrons. The zero-order valence-electron chi connectivity index (χ0n) is 6.63. The standard InChI is InChI=1S/C8H8N2OS/c1-6-2-5-12-7(6)8(11)10-4-3-9/h2,5H,4H2,1H3,(H,10,11). The number of thiophene rings is 1. The van der Waals surface area contributed by atoms with Gasteiger partial charge in [0.15, 0.2) is 0 Å². The van der Waals surface area contributed by atoms with Crippen molar-refractivity contribution in [3.63, 3.8) is 0 Å². The van der Waals surface area contributed by atoms with Gasteiger partial charge in [0.1, 0.15) is 6.54 Å². The zero-order chi connectivity index (χ0) is 8.97. The number of rotatable bonds is 2. The van der Waals surface area contributed by atoms with Gasteiger partial charge in [-0.3, -0.25) is 4.79 Å². The third-order valence-corrected chi connectivity index (χ3v) is 2.41. The summed E-state index contributed by atoms with van der Waals surface area (Å²) in [6.07, 6.45) is 0. The molecule has 0 aliphatic carbocycles. The molecule has 0 unspecified atom stereocenters. The van der Waals surface area contributed by atoms with Crippen molar-refractivity contribution < 1.29 is 4.79 Å². The molecule has 1 heterocycles. The summed E-state index contributed by atoms with van der Waals surface area (Å²) in [5, 5.41) is 12.6. The second-order valence-electron chi connectivity index (χ2n) is 2.27. The molecule has 1 N–H and O–H groups in total. The monoisotopic (exact) mass is 180 g/mol. The molecule has 1 amide bonds. The maximum atomic E-state index is 11.2. The number of carbonyl (C=O) groups excluding carboxylic acids is 1. The van der Waals surface area contributed by atoms with Crippen molar-refractivity contribution in [1.29, 1.82) is 5.26 Å². The minimum atomic E-state index is -0.163. The number of hydrogen-bond donors (Lipinski definition) is 1. The average Bonchev–Trinajstić information content (AvgIpc) is 2.47. The Morgan fingerprint density at radius 2 is 2.58 bits per heavy atom. The molecule has 0 spiro atoms. The molecule has 0 aliphatic rings. The fourth-order valence-electron chi connectivity index (χ4n) is 0.805. The van der Waals surface area contributed by atoms with Crippen LogP contribution in [0.4, 0.5) is 0 Å². The van der Waals surface area contributed by atoms with Crippen LogP contribution in [0.2, 0.25) is 0 Å². The normalized spacial score (nSPS) is 9.00. The first-order chi connectivity index (χ1) is 5.75. The van der Waals surface area contributed by atoms with Crippen molar-refractivity contribution in [2.75, 3.05) is 6.54 Å². The molecule has 0 aliphatic heterocycles. The summed E-state index contributed by atoms with van der Waals surface area (Å²) in [7, 11) is 0. The van der Waals surface area contributed by atoms with Crippen molar-refractivity contribution >= 4 is 17.2 Å². The quantitative estimate of drug-likeness (QED) is 0.697. The Morgan fingerprint density at radius 1 is 1.83 bits per heavy atom. The summed E-state index contributed by atoms with van der Waals surface area (Å²) in [4.78, 5) is 11.9. The highest BCUT2D eigenvalue weighted by molar-refractivity contribution is 7.12. The topological polar surface area (TPSA) is 52.9 Å². The van der Waals surface area contributed by atoms with Gasteiger partial charge in [-0.15, -0.1) is 11.3 Å². The zero-order valence-corrected chi connectivity index (χ0v) is 7.44. The van der Waals surface area contributed by atoms with Gasteiger partial charge in [0.05, 0.1) is 10.9 Å². The van der Waals surface area contributed by atoms with Gasteiger partial charge < -0.3 is 5.32 Å². The Morgan fingerprint density at radius 3 is 3.08 bits per heavy atom. The lowest BCUT2D eigenvalue weighted by molar-refractivity contribution is 0.0962. The molecule has 1 aromatic rings. The molecule has 0 fully saturated rings. The number of carbonyl (C=O) groups is 1. The highest BCUT2D eigenvalue weighted by Gasteiger charge is 2.08. The van der Waals surface area contributed by atoms with E-state index in [9.17, 15) is 4.79 Å². The van der Waals surface area contributed by atoms with E-state index in [1.165, 1.54) is 11.3 Å². The first kappa shape index (κ1) is 8.75. The Bertz CT molecular complexity index is 324. The lowest BCUT2D eigenvalue weighted by atomic mass is 10.3. The summed E-state index contributed by atoms with van der Waals surface area (Å²) < 4.78 is 0. The highest BCUT2D eigenvalue weighted by atomic mass is 32.1. The largest absolute Gasteiger partial charge is 0.338 e. The Balaban J connectivity index is 2.67. The van der Waals surface area contributed by atoms with Crippen molar-refractivity contribution in [3.8, 4) is 6.07 Å². The van der Waals surface area contributed by atoms with Crippen LogP contribution in [0.15, 0.2) is 11.4 Å². The van der Waals surface area contributed by atoms with E-state index in [2.05, 4.69) is 5.32 Å². The van der Waals surface area contributed by atoms with Crippen LogP contribution < -0.4 is 5.32 Å². The van der Waals surface area contributed by atoms with Gasteiger partial charge in [-0.1, -0.05) is 0 Å². The molecule has 0 saturated heterocycles. The molecule has 0 bridgehead atoms. The summed E-state index contributed by atoms with van der Waals surface area (Å²) in [5.41, 5.74) is 0.954. The van der Waals surface area contributed by atoms with Crippen LogP contribution in [-0.4, -0.2) is 12.5 Å². The number of hydrogen-bond acceptors (Lipinski definition) is 3.